The molecule has 2 aromatic rings. The fourth-order valence-corrected chi connectivity index (χ4v) is 2.87. The molecule has 0 saturated heterocycles. The molecule has 0 atom stereocenters. The standard InChI is InChI=1S/C12H12BrN3OS/c1-14-12(17)10-3-2-4-15-11(10)16-6-9-5-8(13)7-18-9/h2-5,7H,6H2,1H3,(H,14,17)(H,15,16). The lowest BCUT2D eigenvalue weighted by molar-refractivity contribution is 0.0963. The number of aromatic nitrogens is 1. The number of anilines is 1. The van der Waals surface area contributed by atoms with Gasteiger partial charge in [0, 0.05) is 28.0 Å². The van der Waals surface area contributed by atoms with E-state index in [0.717, 1.165) is 4.47 Å². The van der Waals surface area contributed by atoms with Gasteiger partial charge in [-0.05, 0) is 34.1 Å². The van der Waals surface area contributed by atoms with E-state index in [1.807, 2.05) is 11.4 Å². The molecule has 2 N–H and O–H groups in total. The quantitative estimate of drug-likeness (QED) is 0.908. The van der Waals surface area contributed by atoms with Crippen molar-refractivity contribution in [2.45, 2.75) is 6.54 Å². The molecule has 6 heteroatoms. The summed E-state index contributed by atoms with van der Waals surface area (Å²) in [6, 6.07) is 5.54. The largest absolute Gasteiger partial charge is 0.365 e. The van der Waals surface area contributed by atoms with Crippen molar-refractivity contribution in [2.75, 3.05) is 12.4 Å². The van der Waals surface area contributed by atoms with Gasteiger partial charge in [-0.2, -0.15) is 0 Å². The number of nitrogens with one attached hydrogen (secondary N) is 2. The highest BCUT2D eigenvalue weighted by Gasteiger charge is 2.10. The van der Waals surface area contributed by atoms with Gasteiger partial charge in [0.2, 0.25) is 0 Å². The zero-order chi connectivity index (χ0) is 13.0. The van der Waals surface area contributed by atoms with Gasteiger partial charge in [-0.1, -0.05) is 0 Å². The van der Waals surface area contributed by atoms with Gasteiger partial charge in [-0.15, -0.1) is 11.3 Å². The molecular formula is C12H12BrN3OS. The molecule has 0 aliphatic rings. The zero-order valence-corrected chi connectivity index (χ0v) is 12.1. The first kappa shape index (κ1) is 13.0. The number of carbonyl (C=O) groups excluding carboxylic acids is 1. The first-order valence-corrected chi connectivity index (χ1v) is 7.02. The molecule has 0 fully saturated rings. The van der Waals surface area contributed by atoms with Gasteiger partial charge in [-0.25, -0.2) is 4.98 Å². The molecule has 0 aromatic carbocycles. The van der Waals surface area contributed by atoms with Crippen LogP contribution in [0.3, 0.4) is 0 Å². The average molecular weight is 326 g/mol. The van der Waals surface area contributed by atoms with Crippen LogP contribution in [0.5, 0.6) is 0 Å². The Kier molecular flexibility index (Phi) is 4.33. The predicted octanol–water partition coefficient (Wildman–Crippen LogP) is 2.88. The molecule has 0 saturated carbocycles. The number of hydrogen-bond donors (Lipinski definition) is 2. The van der Waals surface area contributed by atoms with E-state index in [2.05, 4.69) is 31.5 Å². The molecule has 2 aromatic heterocycles. The molecule has 0 aliphatic heterocycles. The van der Waals surface area contributed by atoms with Crippen LogP contribution in [0.4, 0.5) is 5.82 Å². The van der Waals surface area contributed by atoms with Crippen molar-refractivity contribution in [1.82, 2.24) is 10.3 Å². The molecule has 2 heterocycles. The third-order valence-electron chi connectivity index (χ3n) is 2.33. The van der Waals surface area contributed by atoms with Crippen LogP contribution in [-0.4, -0.2) is 17.9 Å². The number of pyridine rings is 1. The molecule has 0 aliphatic carbocycles. The van der Waals surface area contributed by atoms with E-state index in [0.29, 0.717) is 17.9 Å². The van der Waals surface area contributed by atoms with E-state index >= 15 is 0 Å². The molecule has 18 heavy (non-hydrogen) atoms. The summed E-state index contributed by atoms with van der Waals surface area (Å²) in [5.41, 5.74) is 0.552. The van der Waals surface area contributed by atoms with Gasteiger partial charge in [0.05, 0.1) is 12.1 Å². The monoisotopic (exact) mass is 325 g/mol. The van der Waals surface area contributed by atoms with E-state index in [9.17, 15) is 4.79 Å². The van der Waals surface area contributed by atoms with Crippen molar-refractivity contribution in [3.05, 3.63) is 44.7 Å². The Bertz CT molecular complexity index is 556. The van der Waals surface area contributed by atoms with Crippen LogP contribution in [0.1, 0.15) is 15.2 Å². The molecule has 0 bridgehead atoms. The van der Waals surface area contributed by atoms with E-state index < -0.39 is 0 Å². The van der Waals surface area contributed by atoms with Crippen molar-refractivity contribution in [3.8, 4) is 0 Å². The molecule has 0 spiro atoms. The highest BCUT2D eigenvalue weighted by Crippen LogP contribution is 2.21. The van der Waals surface area contributed by atoms with Crippen LogP contribution in [0.15, 0.2) is 34.2 Å². The lowest BCUT2D eigenvalue weighted by atomic mass is 10.2. The fraction of sp³-hybridized carbons (Fsp3) is 0.167. The van der Waals surface area contributed by atoms with E-state index in [-0.39, 0.29) is 5.91 Å². The molecule has 1 amide bonds. The van der Waals surface area contributed by atoms with Crippen LogP contribution in [0, 0.1) is 0 Å². The van der Waals surface area contributed by atoms with Crippen molar-refractivity contribution < 1.29 is 4.79 Å². The minimum atomic E-state index is -0.141. The third kappa shape index (κ3) is 3.08. The Morgan fingerprint density at radius 2 is 2.39 bits per heavy atom. The second-order valence-electron chi connectivity index (χ2n) is 3.56. The summed E-state index contributed by atoms with van der Waals surface area (Å²) < 4.78 is 1.07. The number of thiophene rings is 1. The van der Waals surface area contributed by atoms with Crippen LogP contribution < -0.4 is 10.6 Å². The first-order valence-electron chi connectivity index (χ1n) is 5.34. The topological polar surface area (TPSA) is 54.0 Å². The van der Waals surface area contributed by atoms with Gasteiger partial charge in [0.1, 0.15) is 5.82 Å². The Morgan fingerprint density at radius 3 is 3.06 bits per heavy atom. The number of hydrogen-bond acceptors (Lipinski definition) is 4. The minimum absolute atomic E-state index is 0.141. The molecule has 94 valence electrons. The summed E-state index contributed by atoms with van der Waals surface area (Å²) >= 11 is 5.06. The number of nitrogens with zero attached hydrogens (tertiary/aromatic N) is 1. The Balaban J connectivity index is 2.11. The van der Waals surface area contributed by atoms with Gasteiger partial charge in [0.25, 0.3) is 5.91 Å². The normalized spacial score (nSPS) is 10.1. The van der Waals surface area contributed by atoms with Crippen LogP contribution >= 0.6 is 27.3 Å². The molecular weight excluding hydrogens is 314 g/mol. The van der Waals surface area contributed by atoms with Crippen LogP contribution in [-0.2, 0) is 6.54 Å². The van der Waals surface area contributed by atoms with Crippen LogP contribution in [0.25, 0.3) is 0 Å². The predicted molar refractivity (Wildman–Crippen MR) is 77.0 cm³/mol. The Labute approximate surface area is 118 Å². The first-order chi connectivity index (χ1) is 8.70. The number of carbonyl (C=O) groups is 1. The summed E-state index contributed by atoms with van der Waals surface area (Å²) in [6.45, 7) is 0.650. The van der Waals surface area contributed by atoms with E-state index in [1.54, 1.807) is 36.7 Å². The maximum Gasteiger partial charge on any atom is 0.254 e. The maximum atomic E-state index is 11.7. The number of halogens is 1. The van der Waals surface area contributed by atoms with Crippen molar-refractivity contribution in [3.63, 3.8) is 0 Å². The average Bonchev–Trinajstić information content (AvgIpc) is 2.81. The molecule has 0 unspecified atom stereocenters. The Hall–Kier alpha value is -1.40. The summed E-state index contributed by atoms with van der Waals surface area (Å²) in [7, 11) is 1.61. The Morgan fingerprint density at radius 1 is 1.56 bits per heavy atom. The van der Waals surface area contributed by atoms with Gasteiger partial charge in [0.15, 0.2) is 0 Å². The molecule has 4 nitrogen and oxygen atoms in total. The summed E-state index contributed by atoms with van der Waals surface area (Å²) in [5.74, 6) is 0.458. The van der Waals surface area contributed by atoms with Gasteiger partial charge in [-0.3, -0.25) is 4.79 Å². The second-order valence-corrected chi connectivity index (χ2v) is 5.47. The van der Waals surface area contributed by atoms with E-state index in [4.69, 9.17) is 0 Å². The zero-order valence-electron chi connectivity index (χ0n) is 9.74. The summed E-state index contributed by atoms with van der Waals surface area (Å²) in [4.78, 5) is 17.0. The third-order valence-corrected chi connectivity index (χ3v) is 4.03. The minimum Gasteiger partial charge on any atom is -0.365 e. The van der Waals surface area contributed by atoms with Crippen molar-refractivity contribution in [1.29, 1.82) is 0 Å². The summed E-state index contributed by atoms with van der Waals surface area (Å²) in [5, 5.41) is 7.80. The van der Waals surface area contributed by atoms with Gasteiger partial charge < -0.3 is 10.6 Å². The molecule has 2 rings (SSSR count). The molecule has 0 radical (unpaired) electrons. The van der Waals surface area contributed by atoms with Crippen LogP contribution in [0.2, 0.25) is 0 Å². The number of rotatable bonds is 4. The van der Waals surface area contributed by atoms with Crippen molar-refractivity contribution in [2.24, 2.45) is 0 Å². The van der Waals surface area contributed by atoms with E-state index in [1.165, 1.54) is 4.88 Å². The highest BCUT2D eigenvalue weighted by molar-refractivity contribution is 9.10. The lowest BCUT2D eigenvalue weighted by Crippen LogP contribution is -2.20. The fourth-order valence-electron chi connectivity index (χ4n) is 1.48. The summed E-state index contributed by atoms with van der Waals surface area (Å²) in [6.07, 6.45) is 1.67. The SMILES string of the molecule is CNC(=O)c1cccnc1NCc1cc(Br)cs1. The number of amides is 1. The van der Waals surface area contributed by atoms with Crippen molar-refractivity contribution >= 4 is 39.0 Å². The van der Waals surface area contributed by atoms with Gasteiger partial charge >= 0.3 is 0 Å². The highest BCUT2D eigenvalue weighted by atomic mass is 79.9. The lowest BCUT2D eigenvalue weighted by Gasteiger charge is -2.08. The second kappa shape index (κ2) is 5.97. The smallest absolute Gasteiger partial charge is 0.254 e. The maximum absolute atomic E-state index is 11.7.